The molecule has 0 aliphatic rings. The van der Waals surface area contributed by atoms with Crippen LogP contribution in [0.5, 0.6) is 0 Å². The van der Waals surface area contributed by atoms with Gasteiger partial charge in [0.1, 0.15) is 0 Å². The number of nitrogens with one attached hydrogen (secondary N) is 2. The Hall–Kier alpha value is -1.86. The Balaban J connectivity index is 2.25. The number of rotatable bonds is 7. The zero-order valence-electron chi connectivity index (χ0n) is 14.3. The monoisotopic (exact) mass is 378 g/mol. The molecule has 1 atom stereocenters. The molecule has 0 saturated heterocycles. The summed E-state index contributed by atoms with van der Waals surface area (Å²) in [7, 11) is 1.78. The molecular formula is C18H23ClN4OS. The van der Waals surface area contributed by atoms with E-state index < -0.39 is 0 Å². The van der Waals surface area contributed by atoms with Crippen LogP contribution >= 0.6 is 22.9 Å². The zero-order chi connectivity index (χ0) is 18.4. The van der Waals surface area contributed by atoms with Gasteiger partial charge >= 0.3 is 0 Å². The first kappa shape index (κ1) is 19.5. The van der Waals surface area contributed by atoms with Gasteiger partial charge in [0.05, 0.1) is 21.6 Å². The smallest absolute Gasteiger partial charge is 0.261 e. The Kier molecular flexibility index (Phi) is 7.01. The highest BCUT2D eigenvalue weighted by molar-refractivity contribution is 7.14. The van der Waals surface area contributed by atoms with E-state index >= 15 is 0 Å². The van der Waals surface area contributed by atoms with Crippen LogP contribution in [-0.4, -0.2) is 26.0 Å². The lowest BCUT2D eigenvalue weighted by Gasteiger charge is -2.16. The van der Waals surface area contributed by atoms with E-state index in [9.17, 15) is 4.79 Å². The summed E-state index contributed by atoms with van der Waals surface area (Å²) in [5.41, 5.74) is 14.1. The van der Waals surface area contributed by atoms with Crippen molar-refractivity contribution in [2.75, 3.05) is 20.1 Å². The number of nitrogens with two attached hydrogens (primary N) is 2. The lowest BCUT2D eigenvalue weighted by molar-refractivity contribution is 0.0942. The second-order valence-electron chi connectivity index (χ2n) is 5.49. The molecule has 1 amide bonds. The molecule has 0 bridgehead atoms. The fourth-order valence-electron chi connectivity index (χ4n) is 2.55. The average molecular weight is 379 g/mol. The quantitative estimate of drug-likeness (QED) is 0.595. The molecule has 1 aromatic carbocycles. The number of hydrogen-bond donors (Lipinski definition) is 4. The minimum absolute atomic E-state index is 0.155. The zero-order valence-corrected chi connectivity index (χ0v) is 15.9. The highest BCUT2D eigenvalue weighted by Gasteiger charge is 2.19. The molecule has 0 saturated carbocycles. The minimum Gasteiger partial charge on any atom is -0.387 e. The van der Waals surface area contributed by atoms with Crippen molar-refractivity contribution in [3.05, 3.63) is 62.3 Å². The largest absolute Gasteiger partial charge is 0.387 e. The Morgan fingerprint density at radius 2 is 1.96 bits per heavy atom. The second kappa shape index (κ2) is 9.01. The van der Waals surface area contributed by atoms with E-state index in [2.05, 4.69) is 10.6 Å². The van der Waals surface area contributed by atoms with Gasteiger partial charge in [0, 0.05) is 30.6 Å². The number of halogens is 1. The highest BCUT2D eigenvalue weighted by atomic mass is 35.5. The van der Waals surface area contributed by atoms with Crippen LogP contribution in [-0.2, 0) is 0 Å². The molecule has 6 N–H and O–H groups in total. The number of carbonyl (C=O) groups excluding carboxylic acids is 1. The van der Waals surface area contributed by atoms with Gasteiger partial charge in [-0.1, -0.05) is 41.9 Å². The highest BCUT2D eigenvalue weighted by Crippen LogP contribution is 2.29. The number of carbonyl (C=O) groups is 1. The predicted octanol–water partition coefficient (Wildman–Crippen LogP) is 2.57. The Morgan fingerprint density at radius 3 is 2.52 bits per heavy atom. The predicted molar refractivity (Wildman–Crippen MR) is 106 cm³/mol. The number of aryl methyl sites for hydroxylation is 1. The summed E-state index contributed by atoms with van der Waals surface area (Å²) in [6.45, 7) is 2.51. The van der Waals surface area contributed by atoms with Crippen molar-refractivity contribution in [3.8, 4) is 0 Å². The third-order valence-electron chi connectivity index (χ3n) is 3.85. The molecule has 7 heteroatoms. The van der Waals surface area contributed by atoms with Gasteiger partial charge in [-0.2, -0.15) is 0 Å². The summed E-state index contributed by atoms with van der Waals surface area (Å²) in [5.74, 6) is -0.155. The first-order valence-corrected chi connectivity index (χ1v) is 9.14. The van der Waals surface area contributed by atoms with E-state index in [1.54, 1.807) is 7.05 Å². The molecule has 1 heterocycles. The van der Waals surface area contributed by atoms with Gasteiger partial charge < -0.3 is 22.1 Å². The van der Waals surface area contributed by atoms with Crippen LogP contribution in [0.15, 0.2) is 41.4 Å². The molecule has 0 aliphatic heterocycles. The molecule has 134 valence electrons. The van der Waals surface area contributed by atoms with Gasteiger partial charge in [0.15, 0.2) is 0 Å². The van der Waals surface area contributed by atoms with Gasteiger partial charge in [0.25, 0.3) is 5.91 Å². The SMILES string of the molecule is CNC(=C(Cl)CN)c1cc(C(=O)NC(CN)c2ccccc2)sc1C. The number of hydrogen-bond acceptors (Lipinski definition) is 5. The first-order valence-electron chi connectivity index (χ1n) is 7.95. The summed E-state index contributed by atoms with van der Waals surface area (Å²) in [6.07, 6.45) is 0. The summed E-state index contributed by atoms with van der Waals surface area (Å²) in [4.78, 5) is 14.3. The van der Waals surface area contributed by atoms with E-state index in [1.165, 1.54) is 11.3 Å². The van der Waals surface area contributed by atoms with Crippen LogP contribution in [0.4, 0.5) is 0 Å². The maximum Gasteiger partial charge on any atom is 0.261 e. The van der Waals surface area contributed by atoms with E-state index in [0.717, 1.165) is 21.7 Å². The van der Waals surface area contributed by atoms with Crippen molar-refractivity contribution < 1.29 is 4.79 Å². The summed E-state index contributed by atoms with van der Waals surface area (Å²) in [5, 5.41) is 6.58. The minimum atomic E-state index is -0.230. The molecule has 2 aromatic rings. The number of benzene rings is 1. The van der Waals surface area contributed by atoms with Crippen LogP contribution in [0.2, 0.25) is 0 Å². The van der Waals surface area contributed by atoms with Gasteiger partial charge in [-0.3, -0.25) is 4.79 Å². The van der Waals surface area contributed by atoms with Gasteiger partial charge in [-0.05, 0) is 18.6 Å². The molecule has 0 fully saturated rings. The lowest BCUT2D eigenvalue weighted by Crippen LogP contribution is -2.32. The molecule has 2 rings (SSSR count). The second-order valence-corrected chi connectivity index (χ2v) is 7.20. The van der Waals surface area contributed by atoms with Crippen LogP contribution in [0.1, 0.15) is 31.7 Å². The molecule has 1 aromatic heterocycles. The molecule has 1 unspecified atom stereocenters. The third kappa shape index (κ3) is 4.61. The van der Waals surface area contributed by atoms with Gasteiger partial charge in [-0.25, -0.2) is 0 Å². The van der Waals surface area contributed by atoms with E-state index in [1.807, 2.05) is 43.3 Å². The fraction of sp³-hybridized carbons (Fsp3) is 0.278. The third-order valence-corrected chi connectivity index (χ3v) is 5.25. The van der Waals surface area contributed by atoms with Crippen molar-refractivity contribution in [3.63, 3.8) is 0 Å². The Morgan fingerprint density at radius 1 is 1.28 bits per heavy atom. The fourth-order valence-corrected chi connectivity index (χ4v) is 3.68. The van der Waals surface area contributed by atoms with Gasteiger partial charge in [0.2, 0.25) is 0 Å². The van der Waals surface area contributed by atoms with Crippen LogP contribution < -0.4 is 22.1 Å². The van der Waals surface area contributed by atoms with Crippen molar-refractivity contribution in [1.82, 2.24) is 10.6 Å². The lowest BCUT2D eigenvalue weighted by atomic mass is 10.1. The number of thiophene rings is 1. The topological polar surface area (TPSA) is 93.2 Å². The maximum absolute atomic E-state index is 12.7. The molecule has 0 aliphatic carbocycles. The molecular weight excluding hydrogens is 356 g/mol. The van der Waals surface area contributed by atoms with Crippen molar-refractivity contribution in [2.24, 2.45) is 11.5 Å². The summed E-state index contributed by atoms with van der Waals surface area (Å²) >= 11 is 7.61. The molecule has 25 heavy (non-hydrogen) atoms. The Bertz CT molecular complexity index is 758. The van der Waals surface area contributed by atoms with Crippen LogP contribution in [0, 0.1) is 6.92 Å². The summed E-state index contributed by atoms with van der Waals surface area (Å²) < 4.78 is 0. The summed E-state index contributed by atoms with van der Waals surface area (Å²) in [6, 6.07) is 11.3. The van der Waals surface area contributed by atoms with E-state index in [4.69, 9.17) is 23.1 Å². The Labute approximate surface area is 157 Å². The van der Waals surface area contributed by atoms with Crippen molar-refractivity contribution >= 4 is 34.5 Å². The van der Waals surface area contributed by atoms with E-state index in [0.29, 0.717) is 16.5 Å². The molecule has 5 nitrogen and oxygen atoms in total. The van der Waals surface area contributed by atoms with Crippen LogP contribution in [0.25, 0.3) is 5.70 Å². The first-order chi connectivity index (χ1) is 12.0. The normalized spacial score (nSPS) is 13.2. The average Bonchev–Trinajstić information content (AvgIpc) is 3.02. The van der Waals surface area contributed by atoms with Crippen LogP contribution in [0.3, 0.4) is 0 Å². The van der Waals surface area contributed by atoms with E-state index in [-0.39, 0.29) is 18.5 Å². The molecule has 0 spiro atoms. The van der Waals surface area contributed by atoms with Crippen molar-refractivity contribution in [2.45, 2.75) is 13.0 Å². The van der Waals surface area contributed by atoms with Crippen molar-refractivity contribution in [1.29, 1.82) is 0 Å². The van der Waals surface area contributed by atoms with Gasteiger partial charge in [-0.15, -0.1) is 11.3 Å². The maximum atomic E-state index is 12.7. The molecule has 0 radical (unpaired) electrons. The standard InChI is InChI=1S/C18H23ClN4OS/c1-11-13(17(22-2)14(19)9-20)8-16(25-11)18(24)23-15(10-21)12-6-4-3-5-7-12/h3-8,15,22H,9-10,20-21H2,1-2H3,(H,23,24). The number of amides is 1.